The van der Waals surface area contributed by atoms with Crippen molar-refractivity contribution in [1.29, 1.82) is 0 Å². The summed E-state index contributed by atoms with van der Waals surface area (Å²) in [6.07, 6.45) is 3.81. The summed E-state index contributed by atoms with van der Waals surface area (Å²) < 4.78 is 2.07. The van der Waals surface area contributed by atoms with Crippen LogP contribution in [0.2, 0.25) is 0 Å². The van der Waals surface area contributed by atoms with E-state index in [2.05, 4.69) is 44.7 Å². The summed E-state index contributed by atoms with van der Waals surface area (Å²) in [5.74, 6) is 0.910. The minimum absolute atomic E-state index is 0.868. The van der Waals surface area contributed by atoms with E-state index in [4.69, 9.17) is 0 Å². The van der Waals surface area contributed by atoms with Gasteiger partial charge < -0.3 is 10.2 Å². The van der Waals surface area contributed by atoms with Gasteiger partial charge in [-0.2, -0.15) is 0 Å². The first-order valence-corrected chi connectivity index (χ1v) is 6.36. The second kappa shape index (κ2) is 4.85. The fourth-order valence-electron chi connectivity index (χ4n) is 2.13. The van der Waals surface area contributed by atoms with Crippen molar-refractivity contribution in [2.75, 3.05) is 32.5 Å². The highest BCUT2D eigenvalue weighted by Gasteiger charge is 2.07. The Morgan fingerprint density at radius 2 is 2.16 bits per heavy atom. The van der Waals surface area contributed by atoms with Crippen molar-refractivity contribution in [1.82, 2.24) is 19.3 Å². The van der Waals surface area contributed by atoms with Gasteiger partial charge in [-0.25, -0.2) is 9.97 Å². The van der Waals surface area contributed by atoms with E-state index >= 15 is 0 Å². The van der Waals surface area contributed by atoms with Gasteiger partial charge in [0.05, 0.1) is 5.52 Å². The molecule has 0 fully saturated rings. The third kappa shape index (κ3) is 2.24. The maximum Gasteiger partial charge on any atom is 0.163 e. The topological polar surface area (TPSA) is 45.5 Å². The summed E-state index contributed by atoms with van der Waals surface area (Å²) in [6, 6.07) is 7.97. The van der Waals surface area contributed by atoms with Gasteiger partial charge in [0.25, 0.3) is 0 Å². The maximum atomic E-state index is 4.66. The average Bonchev–Trinajstić information content (AvgIpc) is 2.88. The Morgan fingerprint density at radius 1 is 1.26 bits per heavy atom. The van der Waals surface area contributed by atoms with E-state index < -0.39 is 0 Å². The molecule has 5 nitrogen and oxygen atoms in total. The minimum atomic E-state index is 0.868. The summed E-state index contributed by atoms with van der Waals surface area (Å²) in [6.45, 7) is 1.84. The van der Waals surface area contributed by atoms with Gasteiger partial charge in [0.2, 0.25) is 0 Å². The number of pyridine rings is 1. The molecule has 0 saturated carbocycles. The molecular formula is C14H17N5. The number of likely N-dealkylation sites (N-methyl/N-ethyl adjacent to an activating group) is 1. The van der Waals surface area contributed by atoms with Gasteiger partial charge in [-0.15, -0.1) is 0 Å². The van der Waals surface area contributed by atoms with Crippen LogP contribution in [0.25, 0.3) is 16.7 Å². The molecule has 0 bridgehead atoms. The molecule has 0 amide bonds. The van der Waals surface area contributed by atoms with Gasteiger partial charge in [0.15, 0.2) is 11.5 Å². The Kier molecular flexibility index (Phi) is 3.05. The Hall–Kier alpha value is -2.14. The van der Waals surface area contributed by atoms with Crippen molar-refractivity contribution in [3.63, 3.8) is 0 Å². The zero-order chi connectivity index (χ0) is 13.2. The summed E-state index contributed by atoms with van der Waals surface area (Å²) in [5.41, 5.74) is 2.85. The molecule has 5 heteroatoms. The van der Waals surface area contributed by atoms with E-state index in [1.807, 2.05) is 24.4 Å². The molecule has 0 aliphatic carbocycles. The second-order valence-electron chi connectivity index (χ2n) is 4.80. The predicted molar refractivity (Wildman–Crippen MR) is 77.5 cm³/mol. The summed E-state index contributed by atoms with van der Waals surface area (Å²) in [7, 11) is 4.12. The van der Waals surface area contributed by atoms with E-state index in [-0.39, 0.29) is 0 Å². The number of aromatic nitrogens is 3. The summed E-state index contributed by atoms with van der Waals surface area (Å²) in [5, 5.41) is 3.40. The first-order valence-electron chi connectivity index (χ1n) is 6.36. The van der Waals surface area contributed by atoms with Crippen molar-refractivity contribution in [3.05, 3.63) is 36.7 Å². The first-order chi connectivity index (χ1) is 9.25. The largest absolute Gasteiger partial charge is 0.367 e. The Labute approximate surface area is 111 Å². The van der Waals surface area contributed by atoms with Gasteiger partial charge in [-0.05, 0) is 38.4 Å². The van der Waals surface area contributed by atoms with Crippen LogP contribution in [-0.4, -0.2) is 46.5 Å². The van der Waals surface area contributed by atoms with Crippen molar-refractivity contribution in [2.45, 2.75) is 0 Å². The van der Waals surface area contributed by atoms with Crippen molar-refractivity contribution < 1.29 is 0 Å². The SMILES string of the molecule is CN(C)CCNc1nc2cccnc2n2cccc12. The smallest absolute Gasteiger partial charge is 0.163 e. The maximum absolute atomic E-state index is 4.66. The molecule has 0 aliphatic rings. The second-order valence-corrected chi connectivity index (χ2v) is 4.80. The Morgan fingerprint density at radius 3 is 3.00 bits per heavy atom. The van der Waals surface area contributed by atoms with E-state index in [1.165, 1.54) is 0 Å². The van der Waals surface area contributed by atoms with Gasteiger partial charge in [0, 0.05) is 25.5 Å². The molecule has 0 aromatic carbocycles. The number of nitrogens with one attached hydrogen (secondary N) is 1. The van der Waals surface area contributed by atoms with Gasteiger partial charge in [-0.1, -0.05) is 0 Å². The third-order valence-electron chi connectivity index (χ3n) is 3.07. The average molecular weight is 255 g/mol. The van der Waals surface area contributed by atoms with Crippen LogP contribution in [0, 0.1) is 0 Å². The highest BCUT2D eigenvalue weighted by atomic mass is 15.1. The van der Waals surface area contributed by atoms with Crippen LogP contribution in [-0.2, 0) is 0 Å². The number of rotatable bonds is 4. The lowest BCUT2D eigenvalue weighted by atomic mass is 10.4. The number of nitrogens with zero attached hydrogens (tertiary/aromatic N) is 4. The predicted octanol–water partition coefficient (Wildman–Crippen LogP) is 1.86. The van der Waals surface area contributed by atoms with Gasteiger partial charge >= 0.3 is 0 Å². The van der Waals surface area contributed by atoms with Crippen LogP contribution in [0.15, 0.2) is 36.7 Å². The molecule has 19 heavy (non-hydrogen) atoms. The van der Waals surface area contributed by atoms with Crippen molar-refractivity contribution in [2.24, 2.45) is 0 Å². The molecule has 1 N–H and O–H groups in total. The van der Waals surface area contributed by atoms with Crippen LogP contribution < -0.4 is 5.32 Å². The van der Waals surface area contributed by atoms with Gasteiger partial charge in [-0.3, -0.25) is 4.40 Å². The lowest BCUT2D eigenvalue weighted by molar-refractivity contribution is 0.425. The molecule has 0 saturated heterocycles. The number of fused-ring (bicyclic) bond motifs is 3. The van der Waals surface area contributed by atoms with Crippen LogP contribution in [0.1, 0.15) is 0 Å². The molecular weight excluding hydrogens is 238 g/mol. The van der Waals surface area contributed by atoms with E-state index in [1.54, 1.807) is 6.20 Å². The Bertz CT molecular complexity index is 701. The molecule has 3 heterocycles. The van der Waals surface area contributed by atoms with E-state index in [0.717, 1.165) is 35.6 Å². The third-order valence-corrected chi connectivity index (χ3v) is 3.07. The first kappa shape index (κ1) is 11.9. The van der Waals surface area contributed by atoms with Crippen LogP contribution in [0.4, 0.5) is 5.82 Å². The summed E-state index contributed by atoms with van der Waals surface area (Å²) in [4.78, 5) is 11.2. The Balaban J connectivity index is 2.04. The lowest BCUT2D eigenvalue weighted by Crippen LogP contribution is -2.21. The fraction of sp³-hybridized carbons (Fsp3) is 0.286. The monoisotopic (exact) mass is 255 g/mol. The molecule has 0 atom stereocenters. The van der Waals surface area contributed by atoms with Gasteiger partial charge in [0.1, 0.15) is 5.52 Å². The number of anilines is 1. The highest BCUT2D eigenvalue weighted by Crippen LogP contribution is 2.20. The lowest BCUT2D eigenvalue weighted by Gasteiger charge is -2.12. The molecule has 3 aromatic heterocycles. The fourth-order valence-corrected chi connectivity index (χ4v) is 2.13. The van der Waals surface area contributed by atoms with Crippen molar-refractivity contribution >= 4 is 22.5 Å². The molecule has 98 valence electrons. The van der Waals surface area contributed by atoms with Crippen LogP contribution in [0.5, 0.6) is 0 Å². The molecule has 0 unspecified atom stereocenters. The van der Waals surface area contributed by atoms with Crippen molar-refractivity contribution in [3.8, 4) is 0 Å². The molecule has 0 spiro atoms. The minimum Gasteiger partial charge on any atom is -0.367 e. The zero-order valence-corrected chi connectivity index (χ0v) is 11.2. The van der Waals surface area contributed by atoms with E-state index in [9.17, 15) is 0 Å². The summed E-state index contributed by atoms with van der Waals surface area (Å²) >= 11 is 0. The quantitative estimate of drug-likeness (QED) is 0.773. The molecule has 0 aliphatic heterocycles. The molecule has 3 aromatic rings. The van der Waals surface area contributed by atoms with E-state index in [0.29, 0.717) is 0 Å². The standard InChI is InChI=1S/C14H17N5/c1-18(2)10-8-15-13-12-6-4-9-19(12)14-11(17-13)5-3-7-16-14/h3-7,9H,8,10H2,1-2H3,(H,15,17). The molecule has 0 radical (unpaired) electrons. The number of hydrogen-bond donors (Lipinski definition) is 1. The van der Waals surface area contributed by atoms with Crippen LogP contribution >= 0.6 is 0 Å². The van der Waals surface area contributed by atoms with Crippen LogP contribution in [0.3, 0.4) is 0 Å². The number of hydrogen-bond acceptors (Lipinski definition) is 4. The zero-order valence-electron chi connectivity index (χ0n) is 11.2. The normalized spacial score (nSPS) is 11.5. The molecule has 3 rings (SSSR count). The highest BCUT2D eigenvalue weighted by molar-refractivity contribution is 5.81.